The Kier molecular flexibility index (Phi) is 3.06. The molecule has 0 aromatic rings. The number of nitrogens with zero attached hydrogens (tertiary/aromatic N) is 1. The Hall–Kier alpha value is -0.570. The zero-order valence-corrected chi connectivity index (χ0v) is 8.96. The number of carbonyl (C=O) groups excluding carboxylic acids is 1. The molecule has 0 aromatic carbocycles. The maximum atomic E-state index is 11.9. The van der Waals surface area contributed by atoms with E-state index >= 15 is 0 Å². The van der Waals surface area contributed by atoms with Gasteiger partial charge in [0, 0.05) is 25.6 Å². The third kappa shape index (κ3) is 2.08. The van der Waals surface area contributed by atoms with Gasteiger partial charge >= 0.3 is 0 Å². The van der Waals surface area contributed by atoms with Crippen molar-refractivity contribution in [2.24, 2.45) is 5.92 Å². The fraction of sp³-hybridized carbons (Fsp3) is 0.909. The van der Waals surface area contributed by atoms with E-state index in [-0.39, 0.29) is 0 Å². The van der Waals surface area contributed by atoms with Crippen LogP contribution in [0.2, 0.25) is 0 Å². The molecule has 14 heavy (non-hydrogen) atoms. The second-order valence-electron chi connectivity index (χ2n) is 4.64. The molecule has 2 rings (SSSR count). The van der Waals surface area contributed by atoms with E-state index in [2.05, 4.69) is 5.32 Å². The van der Waals surface area contributed by atoms with Gasteiger partial charge in [0.15, 0.2) is 0 Å². The number of hydrogen-bond donors (Lipinski definition) is 1. The minimum Gasteiger partial charge on any atom is -0.344 e. The van der Waals surface area contributed by atoms with E-state index in [1.54, 1.807) is 0 Å². The fourth-order valence-corrected chi connectivity index (χ4v) is 2.41. The van der Waals surface area contributed by atoms with Gasteiger partial charge in [-0.1, -0.05) is 12.8 Å². The topological polar surface area (TPSA) is 32.3 Å². The molecule has 3 nitrogen and oxygen atoms in total. The molecule has 3 heteroatoms. The largest absolute Gasteiger partial charge is 0.344 e. The van der Waals surface area contributed by atoms with E-state index in [0.29, 0.717) is 17.9 Å². The fourth-order valence-electron chi connectivity index (χ4n) is 2.41. The smallest absolute Gasteiger partial charge is 0.225 e. The van der Waals surface area contributed by atoms with Crippen LogP contribution >= 0.6 is 0 Å². The zero-order chi connectivity index (χ0) is 9.97. The van der Waals surface area contributed by atoms with Crippen molar-refractivity contribution in [3.05, 3.63) is 0 Å². The normalized spacial score (nSPS) is 27.4. The highest BCUT2D eigenvalue weighted by molar-refractivity contribution is 5.78. The lowest BCUT2D eigenvalue weighted by molar-refractivity contribution is -0.134. The minimum atomic E-state index is 0.333. The Balaban J connectivity index is 1.77. The SMILES string of the molecule is CN(CC1CCN1)C(=O)C1CCCC1. The number of hydrogen-bond acceptors (Lipinski definition) is 2. The molecular weight excluding hydrogens is 176 g/mol. The highest BCUT2D eigenvalue weighted by atomic mass is 16.2. The molecule has 1 heterocycles. The molecule has 1 aliphatic carbocycles. The van der Waals surface area contributed by atoms with Gasteiger partial charge in [-0.05, 0) is 25.8 Å². The molecule has 0 bridgehead atoms. The average Bonchev–Trinajstić information content (AvgIpc) is 2.62. The second kappa shape index (κ2) is 4.30. The van der Waals surface area contributed by atoms with Crippen molar-refractivity contribution in [2.45, 2.75) is 38.1 Å². The van der Waals surface area contributed by atoms with E-state index in [1.807, 2.05) is 11.9 Å². The third-order valence-corrected chi connectivity index (χ3v) is 3.50. The second-order valence-corrected chi connectivity index (χ2v) is 4.64. The predicted molar refractivity (Wildman–Crippen MR) is 56.0 cm³/mol. The highest BCUT2D eigenvalue weighted by Gasteiger charge is 2.27. The standard InChI is InChI=1S/C11H20N2O/c1-13(8-10-6-7-12-10)11(14)9-4-2-3-5-9/h9-10,12H,2-8H2,1H3. The van der Waals surface area contributed by atoms with Gasteiger partial charge in [-0.3, -0.25) is 4.79 Å². The summed E-state index contributed by atoms with van der Waals surface area (Å²) in [4.78, 5) is 13.8. The van der Waals surface area contributed by atoms with Gasteiger partial charge < -0.3 is 10.2 Å². The highest BCUT2D eigenvalue weighted by Crippen LogP contribution is 2.26. The predicted octanol–water partition coefficient (Wildman–Crippen LogP) is 0.997. The lowest BCUT2D eigenvalue weighted by Gasteiger charge is -2.32. The number of amides is 1. The molecule has 0 aromatic heterocycles. The Bertz CT molecular complexity index is 207. The lowest BCUT2D eigenvalue weighted by Crippen LogP contribution is -2.51. The summed E-state index contributed by atoms with van der Waals surface area (Å²) in [6.45, 7) is 2.02. The van der Waals surface area contributed by atoms with Crippen molar-refractivity contribution in [1.29, 1.82) is 0 Å². The van der Waals surface area contributed by atoms with E-state index < -0.39 is 0 Å². The van der Waals surface area contributed by atoms with Crippen molar-refractivity contribution < 1.29 is 4.79 Å². The number of likely N-dealkylation sites (N-methyl/N-ethyl adjacent to an activating group) is 1. The van der Waals surface area contributed by atoms with E-state index in [9.17, 15) is 4.79 Å². The molecule has 2 aliphatic rings. The molecule has 1 saturated heterocycles. The average molecular weight is 196 g/mol. The molecule has 0 spiro atoms. The van der Waals surface area contributed by atoms with Crippen LogP contribution in [0, 0.1) is 5.92 Å². The van der Waals surface area contributed by atoms with Gasteiger partial charge in [0.25, 0.3) is 0 Å². The maximum absolute atomic E-state index is 11.9. The van der Waals surface area contributed by atoms with Gasteiger partial charge in [-0.2, -0.15) is 0 Å². The van der Waals surface area contributed by atoms with E-state index in [4.69, 9.17) is 0 Å². The van der Waals surface area contributed by atoms with Crippen LogP contribution in [0.4, 0.5) is 0 Å². The number of nitrogens with one attached hydrogen (secondary N) is 1. The van der Waals surface area contributed by atoms with Gasteiger partial charge in [0.1, 0.15) is 0 Å². The van der Waals surface area contributed by atoms with Crippen LogP contribution in [-0.2, 0) is 4.79 Å². The first kappa shape index (κ1) is 9.97. The molecule has 1 atom stereocenters. The van der Waals surface area contributed by atoms with Crippen molar-refractivity contribution in [2.75, 3.05) is 20.1 Å². The number of rotatable bonds is 3. The van der Waals surface area contributed by atoms with Crippen LogP contribution in [0.1, 0.15) is 32.1 Å². The first-order chi connectivity index (χ1) is 6.77. The minimum absolute atomic E-state index is 0.333. The summed E-state index contributed by atoms with van der Waals surface area (Å²) in [5.41, 5.74) is 0. The van der Waals surface area contributed by atoms with Crippen molar-refractivity contribution in [1.82, 2.24) is 10.2 Å². The Labute approximate surface area is 85.8 Å². The number of carbonyl (C=O) groups is 1. The Morgan fingerprint density at radius 2 is 2.00 bits per heavy atom. The molecule has 80 valence electrons. The Morgan fingerprint density at radius 3 is 2.50 bits per heavy atom. The van der Waals surface area contributed by atoms with Crippen LogP contribution in [0.25, 0.3) is 0 Å². The Morgan fingerprint density at radius 1 is 1.36 bits per heavy atom. The molecule has 1 N–H and O–H groups in total. The summed E-state index contributed by atoms with van der Waals surface area (Å²) < 4.78 is 0. The van der Waals surface area contributed by atoms with Gasteiger partial charge in [0.05, 0.1) is 0 Å². The van der Waals surface area contributed by atoms with Crippen LogP contribution in [0.15, 0.2) is 0 Å². The summed E-state index contributed by atoms with van der Waals surface area (Å²) in [7, 11) is 1.95. The monoisotopic (exact) mass is 196 g/mol. The van der Waals surface area contributed by atoms with Crippen molar-refractivity contribution in [3.8, 4) is 0 Å². The van der Waals surface area contributed by atoms with E-state index in [0.717, 1.165) is 25.9 Å². The molecular formula is C11H20N2O. The van der Waals surface area contributed by atoms with Gasteiger partial charge in [-0.25, -0.2) is 0 Å². The van der Waals surface area contributed by atoms with Crippen molar-refractivity contribution in [3.63, 3.8) is 0 Å². The zero-order valence-electron chi connectivity index (χ0n) is 8.96. The molecule has 1 aliphatic heterocycles. The maximum Gasteiger partial charge on any atom is 0.225 e. The molecule has 0 radical (unpaired) electrons. The first-order valence-electron chi connectivity index (χ1n) is 5.76. The lowest BCUT2D eigenvalue weighted by atomic mass is 10.0. The van der Waals surface area contributed by atoms with Gasteiger partial charge in [0.2, 0.25) is 5.91 Å². The summed E-state index contributed by atoms with van der Waals surface area (Å²) in [5, 5.41) is 3.33. The van der Waals surface area contributed by atoms with Gasteiger partial charge in [-0.15, -0.1) is 0 Å². The third-order valence-electron chi connectivity index (χ3n) is 3.50. The summed E-state index contributed by atoms with van der Waals surface area (Å²) in [5.74, 6) is 0.705. The summed E-state index contributed by atoms with van der Waals surface area (Å²) in [6, 6.07) is 0.561. The van der Waals surface area contributed by atoms with Crippen LogP contribution in [-0.4, -0.2) is 37.0 Å². The first-order valence-corrected chi connectivity index (χ1v) is 5.76. The van der Waals surface area contributed by atoms with E-state index in [1.165, 1.54) is 19.3 Å². The summed E-state index contributed by atoms with van der Waals surface area (Å²) in [6.07, 6.45) is 5.93. The van der Waals surface area contributed by atoms with Crippen molar-refractivity contribution >= 4 is 5.91 Å². The molecule has 2 fully saturated rings. The van der Waals surface area contributed by atoms with Crippen LogP contribution < -0.4 is 5.32 Å². The quantitative estimate of drug-likeness (QED) is 0.730. The summed E-state index contributed by atoms with van der Waals surface area (Å²) >= 11 is 0. The molecule has 1 saturated carbocycles. The molecule has 1 amide bonds. The molecule has 1 unspecified atom stereocenters. The van der Waals surface area contributed by atoms with Crippen LogP contribution in [0.3, 0.4) is 0 Å². The van der Waals surface area contributed by atoms with Crippen LogP contribution in [0.5, 0.6) is 0 Å².